The van der Waals surface area contributed by atoms with Gasteiger partial charge in [-0.3, -0.25) is 10.0 Å². The van der Waals surface area contributed by atoms with Crippen LogP contribution in [0, 0.1) is 6.92 Å². The molecule has 1 rings (SSSR count). The third kappa shape index (κ3) is 2.23. The summed E-state index contributed by atoms with van der Waals surface area (Å²) in [6, 6.07) is 5.55. The highest BCUT2D eigenvalue weighted by molar-refractivity contribution is 7.98. The lowest BCUT2D eigenvalue weighted by molar-refractivity contribution is 0.0705. The zero-order valence-corrected chi connectivity index (χ0v) is 8.31. The number of hydrogen-bond acceptors (Lipinski definition) is 3. The lowest BCUT2D eigenvalue weighted by Gasteiger charge is -2.04. The largest absolute Gasteiger partial charge is 0.288 e. The van der Waals surface area contributed by atoms with Crippen molar-refractivity contribution < 1.29 is 10.0 Å². The predicted molar refractivity (Wildman–Crippen MR) is 52.2 cm³/mol. The third-order valence-corrected chi connectivity index (χ3v) is 2.52. The minimum Gasteiger partial charge on any atom is -0.288 e. The van der Waals surface area contributed by atoms with Gasteiger partial charge >= 0.3 is 0 Å². The van der Waals surface area contributed by atoms with Gasteiger partial charge in [0.05, 0.1) is 0 Å². The van der Waals surface area contributed by atoms with Crippen LogP contribution in [0.15, 0.2) is 23.1 Å². The topological polar surface area (TPSA) is 49.3 Å². The maximum atomic E-state index is 11.1. The Labute approximate surface area is 81.1 Å². The first kappa shape index (κ1) is 10.1. The number of hydroxylamine groups is 1. The molecule has 70 valence electrons. The Kier molecular flexibility index (Phi) is 3.33. The molecule has 0 aliphatic rings. The zero-order valence-electron chi connectivity index (χ0n) is 7.50. The maximum Gasteiger partial charge on any atom is 0.274 e. The van der Waals surface area contributed by atoms with Crippen LogP contribution in [0.25, 0.3) is 0 Å². The summed E-state index contributed by atoms with van der Waals surface area (Å²) in [5, 5.41) is 8.47. The molecule has 0 radical (unpaired) electrons. The van der Waals surface area contributed by atoms with Gasteiger partial charge in [-0.1, -0.05) is 6.07 Å². The fourth-order valence-corrected chi connectivity index (χ4v) is 1.47. The molecular weight excluding hydrogens is 186 g/mol. The monoisotopic (exact) mass is 197 g/mol. The molecule has 0 bridgehead atoms. The van der Waals surface area contributed by atoms with Gasteiger partial charge < -0.3 is 0 Å². The van der Waals surface area contributed by atoms with Crippen LogP contribution in [0.3, 0.4) is 0 Å². The summed E-state index contributed by atoms with van der Waals surface area (Å²) in [6.07, 6.45) is 1.94. The van der Waals surface area contributed by atoms with Gasteiger partial charge in [0.2, 0.25) is 0 Å². The molecule has 0 fully saturated rings. The first-order valence-electron chi connectivity index (χ1n) is 3.78. The van der Waals surface area contributed by atoms with Gasteiger partial charge in [-0.2, -0.15) is 0 Å². The molecule has 13 heavy (non-hydrogen) atoms. The lowest BCUT2D eigenvalue weighted by Crippen LogP contribution is -2.19. The van der Waals surface area contributed by atoms with Crippen molar-refractivity contribution in [2.24, 2.45) is 0 Å². The quantitative estimate of drug-likeness (QED) is 0.432. The van der Waals surface area contributed by atoms with Crippen LogP contribution in [0.5, 0.6) is 0 Å². The normalized spacial score (nSPS) is 9.77. The van der Waals surface area contributed by atoms with Crippen molar-refractivity contribution in [3.8, 4) is 0 Å². The highest BCUT2D eigenvalue weighted by Gasteiger charge is 2.07. The molecule has 0 saturated carbocycles. The molecule has 3 nitrogen and oxygen atoms in total. The second-order valence-corrected chi connectivity index (χ2v) is 3.50. The van der Waals surface area contributed by atoms with Crippen LogP contribution in [-0.4, -0.2) is 17.4 Å². The van der Waals surface area contributed by atoms with E-state index < -0.39 is 5.91 Å². The number of nitrogens with one attached hydrogen (secondary N) is 1. The minimum atomic E-state index is -0.464. The van der Waals surface area contributed by atoms with Crippen LogP contribution in [0.4, 0.5) is 0 Å². The van der Waals surface area contributed by atoms with E-state index in [1.807, 2.05) is 25.3 Å². The van der Waals surface area contributed by atoms with Gasteiger partial charge in [-0.15, -0.1) is 11.8 Å². The average Bonchev–Trinajstić information content (AvgIpc) is 2.17. The van der Waals surface area contributed by atoms with E-state index in [1.54, 1.807) is 23.3 Å². The zero-order chi connectivity index (χ0) is 9.84. The van der Waals surface area contributed by atoms with Crippen molar-refractivity contribution >= 4 is 17.7 Å². The van der Waals surface area contributed by atoms with E-state index in [-0.39, 0.29) is 0 Å². The lowest BCUT2D eigenvalue weighted by atomic mass is 10.1. The Morgan fingerprint density at radius 2 is 2.23 bits per heavy atom. The van der Waals surface area contributed by atoms with Crippen LogP contribution < -0.4 is 5.48 Å². The molecule has 0 unspecified atom stereocenters. The molecule has 0 aromatic heterocycles. The van der Waals surface area contributed by atoms with Gasteiger partial charge in [0.1, 0.15) is 0 Å². The van der Waals surface area contributed by atoms with E-state index >= 15 is 0 Å². The van der Waals surface area contributed by atoms with Crippen LogP contribution in [0.2, 0.25) is 0 Å². The fraction of sp³-hybridized carbons (Fsp3) is 0.222. The molecule has 4 heteroatoms. The third-order valence-electron chi connectivity index (χ3n) is 1.79. The Morgan fingerprint density at radius 3 is 2.77 bits per heavy atom. The number of benzene rings is 1. The Bertz CT molecular complexity index is 325. The Balaban J connectivity index is 3.11. The van der Waals surface area contributed by atoms with Crippen molar-refractivity contribution in [3.05, 3.63) is 29.3 Å². The standard InChI is InChI=1S/C9H11NO2S/c1-6-3-4-7(13-2)5-8(6)9(11)10-12/h3-5,12H,1-2H3,(H,10,11). The van der Waals surface area contributed by atoms with E-state index in [4.69, 9.17) is 5.21 Å². The van der Waals surface area contributed by atoms with E-state index in [2.05, 4.69) is 0 Å². The summed E-state index contributed by atoms with van der Waals surface area (Å²) in [7, 11) is 0. The summed E-state index contributed by atoms with van der Waals surface area (Å²) in [6.45, 7) is 1.83. The molecular formula is C9H11NO2S. The van der Waals surface area contributed by atoms with E-state index in [0.717, 1.165) is 10.5 Å². The Morgan fingerprint density at radius 1 is 1.54 bits per heavy atom. The van der Waals surface area contributed by atoms with Crippen LogP contribution in [-0.2, 0) is 0 Å². The van der Waals surface area contributed by atoms with Gasteiger partial charge in [0, 0.05) is 10.5 Å². The second kappa shape index (κ2) is 4.30. The van der Waals surface area contributed by atoms with Crippen molar-refractivity contribution in [1.82, 2.24) is 5.48 Å². The number of carbonyl (C=O) groups excluding carboxylic acids is 1. The van der Waals surface area contributed by atoms with Gasteiger partial charge in [0.15, 0.2) is 0 Å². The van der Waals surface area contributed by atoms with E-state index in [9.17, 15) is 4.79 Å². The summed E-state index contributed by atoms with van der Waals surface area (Å²) >= 11 is 1.56. The van der Waals surface area contributed by atoms with Crippen LogP contribution >= 0.6 is 11.8 Å². The molecule has 0 aliphatic heterocycles. The molecule has 0 atom stereocenters. The van der Waals surface area contributed by atoms with Gasteiger partial charge in [-0.05, 0) is 30.9 Å². The predicted octanol–water partition coefficient (Wildman–Crippen LogP) is 1.84. The van der Waals surface area contributed by atoms with Gasteiger partial charge in [0.25, 0.3) is 5.91 Å². The molecule has 1 aromatic carbocycles. The number of rotatable bonds is 2. The molecule has 1 aromatic rings. The molecule has 0 saturated heterocycles. The minimum absolute atomic E-state index is 0.464. The molecule has 0 spiro atoms. The molecule has 0 heterocycles. The van der Waals surface area contributed by atoms with Gasteiger partial charge in [-0.25, -0.2) is 5.48 Å². The fourth-order valence-electron chi connectivity index (χ4n) is 1.03. The van der Waals surface area contributed by atoms with Crippen molar-refractivity contribution in [1.29, 1.82) is 0 Å². The Hall–Kier alpha value is -1.00. The first-order valence-corrected chi connectivity index (χ1v) is 5.00. The van der Waals surface area contributed by atoms with E-state index in [0.29, 0.717) is 5.56 Å². The summed E-state index contributed by atoms with van der Waals surface area (Å²) < 4.78 is 0. The summed E-state index contributed by atoms with van der Waals surface area (Å²) in [4.78, 5) is 12.1. The van der Waals surface area contributed by atoms with Crippen LogP contribution in [0.1, 0.15) is 15.9 Å². The van der Waals surface area contributed by atoms with Crippen molar-refractivity contribution in [2.75, 3.05) is 6.26 Å². The molecule has 0 aliphatic carbocycles. The van der Waals surface area contributed by atoms with E-state index in [1.165, 1.54) is 0 Å². The van der Waals surface area contributed by atoms with Crippen molar-refractivity contribution in [3.63, 3.8) is 0 Å². The number of aryl methyl sites for hydroxylation is 1. The highest BCUT2D eigenvalue weighted by atomic mass is 32.2. The maximum absolute atomic E-state index is 11.1. The number of hydrogen-bond donors (Lipinski definition) is 2. The SMILES string of the molecule is CSc1ccc(C)c(C(=O)NO)c1. The second-order valence-electron chi connectivity index (χ2n) is 2.62. The number of amides is 1. The highest BCUT2D eigenvalue weighted by Crippen LogP contribution is 2.18. The summed E-state index contributed by atoms with van der Waals surface area (Å²) in [5.41, 5.74) is 2.99. The molecule has 2 N–H and O–H groups in total. The van der Waals surface area contributed by atoms with Crippen molar-refractivity contribution in [2.45, 2.75) is 11.8 Å². The smallest absolute Gasteiger partial charge is 0.274 e. The first-order chi connectivity index (χ1) is 6.19. The summed E-state index contributed by atoms with van der Waals surface area (Å²) in [5.74, 6) is -0.464. The number of thioether (sulfide) groups is 1. The molecule has 1 amide bonds. The average molecular weight is 197 g/mol. The number of carbonyl (C=O) groups is 1.